The minimum atomic E-state index is -0.147. The van der Waals surface area contributed by atoms with Crippen LogP contribution in [-0.4, -0.2) is 31.1 Å². The van der Waals surface area contributed by atoms with E-state index in [1.807, 2.05) is 0 Å². The molecule has 1 heterocycles. The Labute approximate surface area is 65.4 Å². The predicted octanol–water partition coefficient (Wildman–Crippen LogP) is -0.150. The normalized spacial score (nSPS) is 21.5. The van der Waals surface area contributed by atoms with E-state index in [-0.39, 0.29) is 6.61 Å². The lowest BCUT2D eigenvalue weighted by Gasteiger charge is -2.19. The summed E-state index contributed by atoms with van der Waals surface area (Å²) in [5.74, 6) is 0.550. The number of ether oxygens (including phenoxy) is 1. The van der Waals surface area contributed by atoms with Gasteiger partial charge in [-0.15, -0.1) is 0 Å². The first-order valence-electron chi connectivity index (χ1n) is 3.59. The number of aliphatic hydroxyl groups is 1. The van der Waals surface area contributed by atoms with Gasteiger partial charge in [0.1, 0.15) is 0 Å². The molecule has 0 bridgehead atoms. The molecule has 0 aromatic carbocycles. The van der Waals surface area contributed by atoms with Crippen molar-refractivity contribution in [1.82, 2.24) is 5.32 Å². The maximum Gasteiger partial charge on any atom is 0.193 e. The van der Waals surface area contributed by atoms with Crippen LogP contribution in [0.2, 0.25) is 0 Å². The molecule has 0 atom stereocenters. The fourth-order valence-electron chi connectivity index (χ4n) is 0.889. The molecule has 0 spiro atoms. The lowest BCUT2D eigenvalue weighted by Crippen LogP contribution is -2.27. The summed E-state index contributed by atoms with van der Waals surface area (Å²) in [5, 5.41) is 18.6. The third-order valence-corrected chi connectivity index (χ3v) is 1.49. The van der Waals surface area contributed by atoms with Gasteiger partial charge >= 0.3 is 0 Å². The van der Waals surface area contributed by atoms with Crippen LogP contribution in [0.5, 0.6) is 0 Å². The summed E-state index contributed by atoms with van der Waals surface area (Å²) in [7, 11) is 0. The molecule has 1 aliphatic heterocycles. The van der Waals surface area contributed by atoms with E-state index in [0.717, 1.165) is 19.2 Å². The summed E-state index contributed by atoms with van der Waals surface area (Å²) in [4.78, 5) is 0. The van der Waals surface area contributed by atoms with E-state index >= 15 is 0 Å². The van der Waals surface area contributed by atoms with Gasteiger partial charge in [-0.2, -0.15) is 0 Å². The van der Waals surface area contributed by atoms with Gasteiger partial charge in [-0.25, -0.2) is 0 Å². The third kappa shape index (κ3) is 1.94. The molecule has 4 heteroatoms. The van der Waals surface area contributed by atoms with Crippen molar-refractivity contribution < 1.29 is 9.84 Å². The van der Waals surface area contributed by atoms with Crippen molar-refractivity contribution >= 4 is 6.21 Å². The summed E-state index contributed by atoms with van der Waals surface area (Å²) < 4.78 is 5.18. The first-order chi connectivity index (χ1) is 5.38. The predicted molar refractivity (Wildman–Crippen MR) is 41.5 cm³/mol. The number of hydrogen-bond donors (Lipinski definition) is 3. The van der Waals surface area contributed by atoms with Crippen LogP contribution >= 0.6 is 0 Å². The number of aliphatic hydroxyl groups excluding tert-OH is 1. The van der Waals surface area contributed by atoms with Crippen LogP contribution in [0.3, 0.4) is 0 Å². The highest BCUT2D eigenvalue weighted by Gasteiger charge is 2.08. The van der Waals surface area contributed by atoms with Gasteiger partial charge in [0, 0.05) is 12.8 Å². The van der Waals surface area contributed by atoms with Crippen LogP contribution in [0.15, 0.2) is 11.5 Å². The van der Waals surface area contributed by atoms with Crippen molar-refractivity contribution in [2.45, 2.75) is 6.42 Å². The smallest absolute Gasteiger partial charge is 0.193 e. The van der Waals surface area contributed by atoms with E-state index in [1.54, 1.807) is 0 Å². The highest BCUT2D eigenvalue weighted by molar-refractivity contribution is 5.76. The van der Waals surface area contributed by atoms with E-state index in [4.69, 9.17) is 15.3 Å². The molecule has 3 N–H and O–H groups in total. The van der Waals surface area contributed by atoms with Gasteiger partial charge in [-0.3, -0.25) is 0 Å². The average Bonchev–Trinajstić information content (AvgIpc) is 2.09. The van der Waals surface area contributed by atoms with Crippen molar-refractivity contribution in [3.63, 3.8) is 0 Å². The van der Waals surface area contributed by atoms with E-state index < -0.39 is 0 Å². The zero-order valence-corrected chi connectivity index (χ0v) is 6.26. The van der Waals surface area contributed by atoms with Crippen molar-refractivity contribution in [2.75, 3.05) is 19.8 Å². The van der Waals surface area contributed by atoms with E-state index in [1.165, 1.54) is 0 Å². The molecule has 0 amide bonds. The zero-order valence-electron chi connectivity index (χ0n) is 6.26. The van der Waals surface area contributed by atoms with E-state index in [2.05, 4.69) is 5.32 Å². The Morgan fingerprint density at radius 2 is 2.64 bits per heavy atom. The maximum atomic E-state index is 8.75. The first-order valence-corrected chi connectivity index (χ1v) is 3.59. The highest BCUT2D eigenvalue weighted by Crippen LogP contribution is 2.05. The summed E-state index contributed by atoms with van der Waals surface area (Å²) >= 11 is 0. The Morgan fingerprint density at radius 3 is 3.09 bits per heavy atom. The Hall–Kier alpha value is -1.03. The van der Waals surface area contributed by atoms with Gasteiger partial charge in [0.2, 0.25) is 0 Å². The molecule has 1 aliphatic rings. The third-order valence-electron chi connectivity index (χ3n) is 1.49. The van der Waals surface area contributed by atoms with Gasteiger partial charge in [0.15, 0.2) is 5.88 Å². The number of rotatable bonds is 2. The van der Waals surface area contributed by atoms with Crippen molar-refractivity contribution in [2.24, 2.45) is 0 Å². The molecule has 0 unspecified atom stereocenters. The van der Waals surface area contributed by atoms with Crippen LogP contribution in [-0.2, 0) is 4.74 Å². The minimum absolute atomic E-state index is 0.147. The van der Waals surface area contributed by atoms with Gasteiger partial charge < -0.3 is 20.6 Å². The molecule has 62 valence electrons. The minimum Gasteiger partial charge on any atom is -0.479 e. The van der Waals surface area contributed by atoms with Gasteiger partial charge in [0.05, 0.1) is 18.8 Å². The standard InChI is InChI=1S/C7H12N2O2/c8-4-6(5-10)7-9-2-1-3-11-7/h4,8-10H,1-3,5H2/b7-6-,8-4?. The SMILES string of the molecule is N=C/C(CO)=C1\NCCCO1. The molecule has 1 rings (SSSR count). The number of hydrogen-bond acceptors (Lipinski definition) is 4. The molecule has 0 radical (unpaired) electrons. The Balaban J connectivity index is 2.64. The van der Waals surface area contributed by atoms with E-state index in [0.29, 0.717) is 18.1 Å². The molecule has 0 saturated carbocycles. The second-order valence-electron chi connectivity index (χ2n) is 2.29. The highest BCUT2D eigenvalue weighted by atomic mass is 16.5. The van der Waals surface area contributed by atoms with Crippen molar-refractivity contribution in [3.05, 3.63) is 11.5 Å². The van der Waals surface area contributed by atoms with Gasteiger partial charge in [-0.05, 0) is 6.42 Å². The summed E-state index contributed by atoms with van der Waals surface area (Å²) in [6.45, 7) is 1.37. The monoisotopic (exact) mass is 156 g/mol. The Bertz CT molecular complexity index is 169. The molecule has 11 heavy (non-hydrogen) atoms. The lowest BCUT2D eigenvalue weighted by atomic mass is 10.3. The molecule has 1 saturated heterocycles. The topological polar surface area (TPSA) is 65.3 Å². The van der Waals surface area contributed by atoms with Crippen molar-refractivity contribution in [3.8, 4) is 0 Å². The van der Waals surface area contributed by atoms with Crippen LogP contribution in [0.1, 0.15) is 6.42 Å². The molecular weight excluding hydrogens is 144 g/mol. The average molecular weight is 156 g/mol. The second kappa shape index (κ2) is 3.98. The van der Waals surface area contributed by atoms with Crippen LogP contribution in [0.25, 0.3) is 0 Å². The zero-order chi connectivity index (χ0) is 8.10. The summed E-state index contributed by atoms with van der Waals surface area (Å²) in [6, 6.07) is 0. The van der Waals surface area contributed by atoms with Crippen LogP contribution in [0, 0.1) is 5.41 Å². The molecule has 0 aromatic rings. The fraction of sp³-hybridized carbons (Fsp3) is 0.571. The fourth-order valence-corrected chi connectivity index (χ4v) is 0.889. The molecule has 0 aromatic heterocycles. The van der Waals surface area contributed by atoms with Gasteiger partial charge in [0.25, 0.3) is 0 Å². The summed E-state index contributed by atoms with van der Waals surface area (Å²) in [5.41, 5.74) is 0.504. The first kappa shape index (κ1) is 8.07. The molecule has 1 fully saturated rings. The second-order valence-corrected chi connectivity index (χ2v) is 2.29. The Kier molecular flexibility index (Phi) is 2.92. The largest absolute Gasteiger partial charge is 0.479 e. The lowest BCUT2D eigenvalue weighted by molar-refractivity contribution is 0.152. The maximum absolute atomic E-state index is 8.75. The molecular formula is C7H12N2O2. The van der Waals surface area contributed by atoms with Crippen LogP contribution in [0.4, 0.5) is 0 Å². The van der Waals surface area contributed by atoms with Gasteiger partial charge in [-0.1, -0.05) is 0 Å². The summed E-state index contributed by atoms with van der Waals surface area (Å²) in [6.07, 6.45) is 2.08. The molecule has 4 nitrogen and oxygen atoms in total. The van der Waals surface area contributed by atoms with E-state index in [9.17, 15) is 0 Å². The van der Waals surface area contributed by atoms with Crippen LogP contribution < -0.4 is 5.32 Å². The Morgan fingerprint density at radius 1 is 1.82 bits per heavy atom. The number of nitrogens with one attached hydrogen (secondary N) is 2. The quantitative estimate of drug-likeness (QED) is 0.487. The molecule has 0 aliphatic carbocycles. The van der Waals surface area contributed by atoms with Crippen molar-refractivity contribution in [1.29, 1.82) is 5.41 Å².